The van der Waals surface area contributed by atoms with Crippen LogP contribution in [0.25, 0.3) is 0 Å². The van der Waals surface area contributed by atoms with Crippen molar-refractivity contribution >= 4 is 29.0 Å². The van der Waals surface area contributed by atoms with E-state index in [9.17, 15) is 14.0 Å². The van der Waals surface area contributed by atoms with Crippen LogP contribution in [0.1, 0.15) is 19.3 Å². The third-order valence-corrected chi connectivity index (χ3v) is 3.68. The third-order valence-electron chi connectivity index (χ3n) is 3.30. The van der Waals surface area contributed by atoms with Crippen LogP contribution in [0.15, 0.2) is 18.2 Å². The molecule has 1 aromatic carbocycles. The van der Waals surface area contributed by atoms with E-state index in [1.54, 1.807) is 12.1 Å². The second kappa shape index (κ2) is 6.02. The first-order valence-corrected chi connectivity index (χ1v) is 6.59. The lowest BCUT2D eigenvalue weighted by Gasteiger charge is -2.32. The molecule has 0 radical (unpaired) electrons. The van der Waals surface area contributed by atoms with Crippen molar-refractivity contribution < 1.29 is 14.0 Å². The molecule has 0 bridgehead atoms. The molecule has 1 aromatic rings. The number of Topliss-reactive ketones (excluding diaryl/α,β-unsaturated/α-hetero) is 1. The number of carbonyl (C=O) groups is 2. The monoisotopic (exact) mass is 294 g/mol. The number of halogens is 2. The van der Waals surface area contributed by atoms with Gasteiger partial charge in [0.15, 0.2) is 5.78 Å². The zero-order valence-electron chi connectivity index (χ0n) is 10.6. The van der Waals surface area contributed by atoms with Gasteiger partial charge in [0.2, 0.25) is 5.91 Å². The highest BCUT2D eigenvalue weighted by Crippen LogP contribution is 2.32. The SMILES string of the molecule is N#CCC(=O)[C@H]1CCCN(c2cccc(F)c2Cl)C1=O. The molecule has 0 spiro atoms. The number of hydrogen-bond acceptors (Lipinski definition) is 3. The third kappa shape index (κ3) is 2.66. The Kier molecular flexibility index (Phi) is 4.35. The van der Waals surface area contributed by atoms with Crippen molar-refractivity contribution in [1.29, 1.82) is 5.26 Å². The highest BCUT2D eigenvalue weighted by Gasteiger charge is 2.35. The summed E-state index contributed by atoms with van der Waals surface area (Å²) in [4.78, 5) is 25.4. The Morgan fingerprint density at radius 3 is 3.00 bits per heavy atom. The van der Waals surface area contributed by atoms with Gasteiger partial charge in [-0.15, -0.1) is 0 Å². The number of nitriles is 1. The summed E-state index contributed by atoms with van der Waals surface area (Å²) in [5, 5.41) is 8.42. The Morgan fingerprint density at radius 1 is 1.55 bits per heavy atom. The quantitative estimate of drug-likeness (QED) is 0.805. The number of amides is 1. The second-order valence-electron chi connectivity index (χ2n) is 4.56. The summed E-state index contributed by atoms with van der Waals surface area (Å²) in [6.45, 7) is 0.387. The first-order chi connectivity index (χ1) is 9.56. The fraction of sp³-hybridized carbons (Fsp3) is 0.357. The minimum atomic E-state index is -0.831. The predicted octanol–water partition coefficient (Wildman–Crippen LogP) is 2.70. The fourth-order valence-electron chi connectivity index (χ4n) is 2.32. The summed E-state index contributed by atoms with van der Waals surface area (Å²) in [5.74, 6) is -2.25. The number of carbonyl (C=O) groups excluding carboxylic acids is 2. The number of rotatable bonds is 3. The molecule has 20 heavy (non-hydrogen) atoms. The molecule has 1 fully saturated rings. The Labute approximate surface area is 120 Å². The second-order valence-corrected chi connectivity index (χ2v) is 4.94. The summed E-state index contributed by atoms with van der Waals surface area (Å²) in [5.41, 5.74) is 0.270. The van der Waals surface area contributed by atoms with E-state index in [4.69, 9.17) is 16.9 Å². The molecule has 4 nitrogen and oxygen atoms in total. The Hall–Kier alpha value is -1.93. The number of benzene rings is 1. The largest absolute Gasteiger partial charge is 0.310 e. The molecule has 0 aromatic heterocycles. The Balaban J connectivity index is 2.29. The van der Waals surface area contributed by atoms with E-state index in [0.29, 0.717) is 19.4 Å². The number of ketones is 1. The van der Waals surface area contributed by atoms with E-state index >= 15 is 0 Å². The lowest BCUT2D eigenvalue weighted by Crippen LogP contribution is -2.44. The van der Waals surface area contributed by atoms with Gasteiger partial charge in [-0.25, -0.2) is 4.39 Å². The first kappa shape index (κ1) is 14.5. The van der Waals surface area contributed by atoms with Crippen LogP contribution in [0.2, 0.25) is 5.02 Å². The van der Waals surface area contributed by atoms with Crippen LogP contribution < -0.4 is 4.90 Å². The maximum Gasteiger partial charge on any atom is 0.237 e. The smallest absolute Gasteiger partial charge is 0.237 e. The van der Waals surface area contributed by atoms with Crippen molar-refractivity contribution in [2.24, 2.45) is 5.92 Å². The van der Waals surface area contributed by atoms with Crippen molar-refractivity contribution in [3.8, 4) is 6.07 Å². The zero-order chi connectivity index (χ0) is 14.7. The minimum Gasteiger partial charge on any atom is -0.310 e. The van der Waals surface area contributed by atoms with E-state index in [0.717, 1.165) is 0 Å². The molecule has 6 heteroatoms. The Bertz CT molecular complexity index is 597. The van der Waals surface area contributed by atoms with Crippen LogP contribution in [-0.4, -0.2) is 18.2 Å². The van der Waals surface area contributed by atoms with Gasteiger partial charge in [0.25, 0.3) is 0 Å². The van der Waals surface area contributed by atoms with Gasteiger partial charge in [-0.1, -0.05) is 17.7 Å². The molecular formula is C14H12ClFN2O2. The van der Waals surface area contributed by atoms with Gasteiger partial charge in [-0.05, 0) is 25.0 Å². The number of anilines is 1. The summed E-state index contributed by atoms with van der Waals surface area (Å²) in [6.07, 6.45) is 0.740. The summed E-state index contributed by atoms with van der Waals surface area (Å²) < 4.78 is 13.5. The molecule has 1 atom stereocenters. The predicted molar refractivity (Wildman–Crippen MR) is 71.7 cm³/mol. The maximum atomic E-state index is 13.5. The topological polar surface area (TPSA) is 61.2 Å². The van der Waals surface area contributed by atoms with Gasteiger partial charge in [0.1, 0.15) is 10.8 Å². The lowest BCUT2D eigenvalue weighted by atomic mass is 9.91. The van der Waals surface area contributed by atoms with Crippen molar-refractivity contribution in [1.82, 2.24) is 0 Å². The standard InChI is InChI=1S/C14H12ClFN2O2/c15-13-10(16)4-1-5-11(13)18-8-2-3-9(14(18)20)12(19)6-7-17/h1,4-5,9H,2-3,6,8H2/t9-/m1/s1. The molecule has 1 aliphatic rings. The number of piperidine rings is 1. The molecule has 1 amide bonds. The van der Waals surface area contributed by atoms with Gasteiger partial charge >= 0.3 is 0 Å². The highest BCUT2D eigenvalue weighted by molar-refractivity contribution is 6.34. The van der Waals surface area contributed by atoms with E-state index in [-0.39, 0.29) is 17.1 Å². The molecule has 1 heterocycles. The molecule has 2 rings (SSSR count). The molecule has 0 unspecified atom stereocenters. The molecule has 0 aliphatic carbocycles. The summed E-state index contributed by atoms with van der Waals surface area (Å²) >= 11 is 5.87. The van der Waals surface area contributed by atoms with Gasteiger partial charge in [0.05, 0.1) is 24.1 Å². The normalized spacial score (nSPS) is 18.8. The zero-order valence-corrected chi connectivity index (χ0v) is 11.4. The molecule has 1 aliphatic heterocycles. The summed E-state index contributed by atoms with van der Waals surface area (Å²) in [6, 6.07) is 5.97. The molecule has 104 valence electrons. The molecule has 0 saturated carbocycles. The lowest BCUT2D eigenvalue weighted by molar-refractivity contribution is -0.133. The van der Waals surface area contributed by atoms with Crippen molar-refractivity contribution in [2.45, 2.75) is 19.3 Å². The van der Waals surface area contributed by atoms with Gasteiger partial charge in [-0.2, -0.15) is 5.26 Å². The Morgan fingerprint density at radius 2 is 2.30 bits per heavy atom. The number of hydrogen-bond donors (Lipinski definition) is 0. The highest BCUT2D eigenvalue weighted by atomic mass is 35.5. The molecule has 0 N–H and O–H groups in total. The number of nitrogens with zero attached hydrogens (tertiary/aromatic N) is 2. The molecule has 1 saturated heterocycles. The van der Waals surface area contributed by atoms with Crippen LogP contribution >= 0.6 is 11.6 Å². The van der Waals surface area contributed by atoms with Crippen molar-refractivity contribution in [3.05, 3.63) is 29.0 Å². The van der Waals surface area contributed by atoms with Crippen LogP contribution in [-0.2, 0) is 9.59 Å². The van der Waals surface area contributed by atoms with Crippen molar-refractivity contribution in [2.75, 3.05) is 11.4 Å². The van der Waals surface area contributed by atoms with Crippen LogP contribution in [0, 0.1) is 23.1 Å². The van der Waals surface area contributed by atoms with Crippen LogP contribution in [0.3, 0.4) is 0 Å². The van der Waals surface area contributed by atoms with Gasteiger partial charge < -0.3 is 4.90 Å². The average molecular weight is 295 g/mol. The maximum absolute atomic E-state index is 13.5. The van der Waals surface area contributed by atoms with E-state index in [2.05, 4.69) is 0 Å². The minimum absolute atomic E-state index is 0.130. The summed E-state index contributed by atoms with van der Waals surface area (Å²) in [7, 11) is 0. The van der Waals surface area contributed by atoms with Crippen molar-refractivity contribution in [3.63, 3.8) is 0 Å². The van der Waals surface area contributed by atoms with Gasteiger partial charge in [0, 0.05) is 6.54 Å². The van der Waals surface area contributed by atoms with E-state index < -0.39 is 23.4 Å². The van der Waals surface area contributed by atoms with E-state index in [1.807, 2.05) is 0 Å². The van der Waals surface area contributed by atoms with E-state index in [1.165, 1.54) is 17.0 Å². The average Bonchev–Trinajstić information content (AvgIpc) is 2.43. The fourth-order valence-corrected chi connectivity index (χ4v) is 2.54. The van der Waals surface area contributed by atoms with Gasteiger partial charge in [-0.3, -0.25) is 9.59 Å². The first-order valence-electron chi connectivity index (χ1n) is 6.21. The van der Waals surface area contributed by atoms with Crippen LogP contribution in [0.5, 0.6) is 0 Å². The molecular weight excluding hydrogens is 283 g/mol. The van der Waals surface area contributed by atoms with Crippen LogP contribution in [0.4, 0.5) is 10.1 Å².